The Hall–Kier alpha value is -2.73. The number of anilines is 1. The molecule has 2 aromatic heterocycles. The summed E-state index contributed by atoms with van der Waals surface area (Å²) < 4.78 is 2.35. The Morgan fingerprint density at radius 3 is 3.00 bits per heavy atom. The second-order valence-electron chi connectivity index (χ2n) is 7.38. The molecule has 0 spiro atoms. The molecule has 4 rings (SSSR count). The number of thiophene rings is 1. The number of benzene rings is 1. The van der Waals surface area contributed by atoms with Crippen molar-refractivity contribution < 1.29 is 0 Å². The number of piperidine rings is 1. The van der Waals surface area contributed by atoms with Crippen LogP contribution in [0.2, 0.25) is 0 Å². The monoisotopic (exact) mass is 408 g/mol. The SMILES string of the molecule is CNCc1cc2nc(N3CCCC(N)C3)n(Cc3ccccc3C#N)c(=O)c2s1. The normalized spacial score (nSPS) is 16.9. The van der Waals surface area contributed by atoms with Crippen LogP contribution in [0.15, 0.2) is 35.1 Å². The molecule has 1 fully saturated rings. The van der Waals surface area contributed by atoms with Gasteiger partial charge in [0.15, 0.2) is 0 Å². The van der Waals surface area contributed by atoms with Crippen LogP contribution in [-0.4, -0.2) is 35.7 Å². The molecule has 150 valence electrons. The van der Waals surface area contributed by atoms with Gasteiger partial charge in [0.05, 0.1) is 23.7 Å². The van der Waals surface area contributed by atoms with Crippen molar-refractivity contribution in [2.45, 2.75) is 32.0 Å². The molecule has 3 aromatic rings. The Kier molecular flexibility index (Phi) is 5.62. The molecule has 1 aromatic carbocycles. The minimum absolute atomic E-state index is 0.0655. The van der Waals surface area contributed by atoms with E-state index in [0.717, 1.165) is 35.3 Å². The number of hydrogen-bond acceptors (Lipinski definition) is 7. The van der Waals surface area contributed by atoms with Gasteiger partial charge in [-0.25, -0.2) is 4.98 Å². The lowest BCUT2D eigenvalue weighted by Crippen LogP contribution is -2.45. The number of fused-ring (bicyclic) bond motifs is 1. The highest BCUT2D eigenvalue weighted by atomic mass is 32.1. The van der Waals surface area contributed by atoms with Crippen molar-refractivity contribution in [3.8, 4) is 6.07 Å². The molecule has 0 amide bonds. The summed E-state index contributed by atoms with van der Waals surface area (Å²) in [6.45, 7) is 2.50. The van der Waals surface area contributed by atoms with Crippen molar-refractivity contribution in [1.29, 1.82) is 5.26 Å². The first-order valence-corrected chi connectivity index (χ1v) is 10.6. The number of hydrogen-bond donors (Lipinski definition) is 2. The van der Waals surface area contributed by atoms with Crippen LogP contribution in [0.5, 0.6) is 0 Å². The Balaban J connectivity index is 1.87. The molecule has 29 heavy (non-hydrogen) atoms. The van der Waals surface area contributed by atoms with E-state index in [-0.39, 0.29) is 11.6 Å². The molecule has 3 heterocycles. The highest BCUT2D eigenvalue weighted by molar-refractivity contribution is 7.18. The summed E-state index contributed by atoms with van der Waals surface area (Å²) in [5, 5.41) is 12.6. The second kappa shape index (κ2) is 8.33. The van der Waals surface area contributed by atoms with Crippen LogP contribution in [0.25, 0.3) is 10.2 Å². The maximum atomic E-state index is 13.5. The third-order valence-electron chi connectivity index (χ3n) is 5.22. The van der Waals surface area contributed by atoms with Gasteiger partial charge in [0.1, 0.15) is 4.70 Å². The van der Waals surface area contributed by atoms with Crippen LogP contribution in [0.3, 0.4) is 0 Å². The highest BCUT2D eigenvalue weighted by Crippen LogP contribution is 2.26. The summed E-state index contributed by atoms with van der Waals surface area (Å²) in [6.07, 6.45) is 1.95. The predicted molar refractivity (Wildman–Crippen MR) is 116 cm³/mol. The molecule has 1 aliphatic rings. The largest absolute Gasteiger partial charge is 0.341 e. The van der Waals surface area contributed by atoms with Crippen LogP contribution in [0, 0.1) is 11.3 Å². The Morgan fingerprint density at radius 2 is 2.24 bits per heavy atom. The van der Waals surface area contributed by atoms with Crippen LogP contribution >= 0.6 is 11.3 Å². The van der Waals surface area contributed by atoms with Crippen molar-refractivity contribution in [2.75, 3.05) is 25.0 Å². The lowest BCUT2D eigenvalue weighted by atomic mass is 10.1. The summed E-state index contributed by atoms with van der Waals surface area (Å²) in [6, 6.07) is 11.7. The predicted octanol–water partition coefficient (Wildman–Crippen LogP) is 2.02. The molecule has 0 aliphatic carbocycles. The van der Waals surface area contributed by atoms with Crippen molar-refractivity contribution in [2.24, 2.45) is 5.73 Å². The topological polar surface area (TPSA) is 100.0 Å². The Morgan fingerprint density at radius 1 is 1.41 bits per heavy atom. The highest BCUT2D eigenvalue weighted by Gasteiger charge is 2.24. The van der Waals surface area contributed by atoms with Crippen molar-refractivity contribution in [1.82, 2.24) is 14.9 Å². The van der Waals surface area contributed by atoms with E-state index in [9.17, 15) is 10.1 Å². The molecular formula is C21H24N6OS. The van der Waals surface area contributed by atoms with E-state index in [0.29, 0.717) is 35.8 Å². The number of aromatic nitrogens is 2. The molecule has 0 radical (unpaired) electrons. The molecule has 0 bridgehead atoms. The molecule has 1 aliphatic heterocycles. The fraction of sp³-hybridized carbons (Fsp3) is 0.381. The third kappa shape index (κ3) is 3.90. The Labute approximate surface area is 173 Å². The minimum Gasteiger partial charge on any atom is -0.341 e. The van der Waals surface area contributed by atoms with Crippen LogP contribution in [0.4, 0.5) is 5.95 Å². The smallest absolute Gasteiger partial charge is 0.273 e. The zero-order valence-electron chi connectivity index (χ0n) is 16.4. The van der Waals surface area contributed by atoms with E-state index >= 15 is 0 Å². The summed E-state index contributed by atoms with van der Waals surface area (Å²) in [5.41, 5.74) is 8.24. The number of rotatable bonds is 5. The third-order valence-corrected chi connectivity index (χ3v) is 6.33. The average molecular weight is 409 g/mol. The first-order chi connectivity index (χ1) is 14.1. The van der Waals surface area contributed by atoms with Crippen LogP contribution in [-0.2, 0) is 13.1 Å². The first-order valence-electron chi connectivity index (χ1n) is 9.77. The summed E-state index contributed by atoms with van der Waals surface area (Å²) in [7, 11) is 1.88. The molecule has 0 saturated carbocycles. The van der Waals surface area contributed by atoms with Crippen LogP contribution in [0.1, 0.15) is 28.8 Å². The van der Waals surface area contributed by atoms with Crippen molar-refractivity contribution in [3.05, 3.63) is 56.7 Å². The lowest BCUT2D eigenvalue weighted by molar-refractivity contribution is 0.492. The second-order valence-corrected chi connectivity index (χ2v) is 8.51. The van der Waals surface area contributed by atoms with E-state index in [1.807, 2.05) is 31.3 Å². The first kappa shape index (κ1) is 19.6. The minimum atomic E-state index is -0.0655. The fourth-order valence-electron chi connectivity index (χ4n) is 3.82. The summed E-state index contributed by atoms with van der Waals surface area (Å²) in [5.74, 6) is 0.638. The summed E-state index contributed by atoms with van der Waals surface area (Å²) in [4.78, 5) is 21.5. The van der Waals surface area contributed by atoms with Gasteiger partial charge in [-0.1, -0.05) is 18.2 Å². The van der Waals surface area contributed by atoms with Gasteiger partial charge < -0.3 is 16.0 Å². The maximum Gasteiger partial charge on any atom is 0.273 e. The lowest BCUT2D eigenvalue weighted by Gasteiger charge is -2.33. The number of nitriles is 1. The van der Waals surface area contributed by atoms with E-state index in [1.165, 1.54) is 11.3 Å². The van der Waals surface area contributed by atoms with Gasteiger partial charge in [0.2, 0.25) is 5.95 Å². The number of nitrogens with zero attached hydrogens (tertiary/aromatic N) is 4. The van der Waals surface area contributed by atoms with E-state index in [2.05, 4.69) is 16.3 Å². The average Bonchev–Trinajstić information content (AvgIpc) is 3.13. The molecule has 1 unspecified atom stereocenters. The molecule has 7 nitrogen and oxygen atoms in total. The van der Waals surface area contributed by atoms with Crippen LogP contribution < -0.4 is 21.5 Å². The fourth-order valence-corrected chi connectivity index (χ4v) is 4.88. The maximum absolute atomic E-state index is 13.5. The van der Waals surface area contributed by atoms with Gasteiger partial charge in [-0.15, -0.1) is 11.3 Å². The summed E-state index contributed by atoms with van der Waals surface area (Å²) >= 11 is 1.47. The zero-order chi connectivity index (χ0) is 20.4. The van der Waals surface area contributed by atoms with Crippen molar-refractivity contribution >= 4 is 27.5 Å². The standard InChI is InChI=1S/C21H24N6OS/c1-24-11-17-9-18-19(29-17)20(28)27(12-15-6-3-2-5-14(15)10-22)21(25-18)26-8-4-7-16(23)13-26/h2-3,5-6,9,16,24H,4,7-8,11-13,23H2,1H3. The van der Waals surface area contributed by atoms with Gasteiger partial charge in [-0.05, 0) is 37.6 Å². The van der Waals surface area contributed by atoms with Gasteiger partial charge in [0, 0.05) is 30.6 Å². The number of nitrogens with one attached hydrogen (secondary N) is 1. The van der Waals surface area contributed by atoms with Gasteiger partial charge in [0.25, 0.3) is 5.56 Å². The zero-order valence-corrected chi connectivity index (χ0v) is 17.2. The van der Waals surface area contributed by atoms with E-state index in [1.54, 1.807) is 10.6 Å². The molecule has 3 N–H and O–H groups in total. The number of nitrogens with two attached hydrogens (primary N) is 1. The van der Waals surface area contributed by atoms with E-state index < -0.39 is 0 Å². The molecule has 1 atom stereocenters. The Bertz CT molecular complexity index is 1130. The molecular weight excluding hydrogens is 384 g/mol. The quantitative estimate of drug-likeness (QED) is 0.670. The van der Waals surface area contributed by atoms with Gasteiger partial charge in [-0.2, -0.15) is 5.26 Å². The van der Waals surface area contributed by atoms with Crippen molar-refractivity contribution in [3.63, 3.8) is 0 Å². The van der Waals surface area contributed by atoms with E-state index in [4.69, 9.17) is 10.7 Å². The molecule has 1 saturated heterocycles. The van der Waals surface area contributed by atoms with Gasteiger partial charge >= 0.3 is 0 Å². The molecule has 8 heteroatoms. The van der Waals surface area contributed by atoms with Gasteiger partial charge in [-0.3, -0.25) is 9.36 Å².